The molecule has 0 bridgehead atoms. The third kappa shape index (κ3) is 6.32. The molecule has 31 heavy (non-hydrogen) atoms. The van der Waals surface area contributed by atoms with Crippen molar-refractivity contribution in [1.82, 2.24) is 14.8 Å². The van der Waals surface area contributed by atoms with Crippen LogP contribution in [0.4, 0.5) is 5.69 Å². The predicted octanol–water partition coefficient (Wildman–Crippen LogP) is 4.45. The monoisotopic (exact) mass is 458 g/mol. The summed E-state index contributed by atoms with van der Waals surface area (Å²) in [6.07, 6.45) is 0.636. The normalized spacial score (nSPS) is 10.7. The van der Waals surface area contributed by atoms with Crippen LogP contribution in [0.25, 0.3) is 0 Å². The zero-order valence-corrected chi connectivity index (χ0v) is 18.9. The number of hydrogen-bond donors (Lipinski definition) is 1. The van der Waals surface area contributed by atoms with Gasteiger partial charge in [0.1, 0.15) is 5.82 Å². The highest BCUT2D eigenvalue weighted by Gasteiger charge is 2.14. The third-order valence-corrected chi connectivity index (χ3v) is 5.62. The topological polar surface area (TPSA) is 86.1 Å². The average molecular weight is 459 g/mol. The molecule has 162 valence electrons. The van der Waals surface area contributed by atoms with Gasteiger partial charge in [0.25, 0.3) is 0 Å². The molecule has 1 N–H and O–H groups in total. The van der Waals surface area contributed by atoms with Gasteiger partial charge in [-0.15, -0.1) is 10.2 Å². The minimum absolute atomic E-state index is 0.168. The van der Waals surface area contributed by atoms with Crippen LogP contribution in [0, 0.1) is 0 Å². The van der Waals surface area contributed by atoms with Crippen molar-refractivity contribution in [2.75, 3.05) is 17.7 Å². The Bertz CT molecular complexity index is 1040. The number of rotatable bonds is 9. The predicted molar refractivity (Wildman–Crippen MR) is 122 cm³/mol. The molecular weight excluding hydrogens is 436 g/mol. The lowest BCUT2D eigenvalue weighted by atomic mass is 10.1. The number of benzene rings is 2. The van der Waals surface area contributed by atoms with E-state index in [1.807, 2.05) is 35.8 Å². The number of carbonyl (C=O) groups excluding carboxylic acids is 2. The Hall–Kier alpha value is -2.84. The summed E-state index contributed by atoms with van der Waals surface area (Å²) < 4.78 is 6.95. The van der Waals surface area contributed by atoms with Gasteiger partial charge in [-0.3, -0.25) is 4.79 Å². The molecule has 1 aromatic heterocycles. The standard InChI is InChI=1S/C22H23ClN4O3S/c1-3-27-19(13-15-5-9-17(23)10-6-15)25-26-22(27)31-14-20(28)24-18-11-7-16(8-12-18)21(29)30-4-2/h5-12H,3-4,13-14H2,1-2H3,(H,24,28). The van der Waals surface area contributed by atoms with E-state index in [9.17, 15) is 9.59 Å². The van der Waals surface area contributed by atoms with E-state index in [1.54, 1.807) is 31.2 Å². The maximum atomic E-state index is 12.3. The van der Waals surface area contributed by atoms with Crippen LogP contribution in [0.5, 0.6) is 0 Å². The fraction of sp³-hybridized carbons (Fsp3) is 0.273. The summed E-state index contributed by atoms with van der Waals surface area (Å²) in [5, 5.41) is 12.7. The first kappa shape index (κ1) is 22.8. The zero-order chi connectivity index (χ0) is 22.2. The number of aromatic nitrogens is 3. The highest BCUT2D eigenvalue weighted by atomic mass is 35.5. The molecule has 0 aliphatic heterocycles. The summed E-state index contributed by atoms with van der Waals surface area (Å²) in [4.78, 5) is 24.0. The molecule has 2 aromatic carbocycles. The second-order valence-corrected chi connectivity index (χ2v) is 7.96. The van der Waals surface area contributed by atoms with Gasteiger partial charge in [0.05, 0.1) is 17.9 Å². The minimum atomic E-state index is -0.385. The first-order chi connectivity index (χ1) is 15.0. The largest absolute Gasteiger partial charge is 0.462 e. The molecule has 7 nitrogen and oxygen atoms in total. The lowest BCUT2D eigenvalue weighted by molar-refractivity contribution is -0.113. The molecular formula is C22H23ClN4O3S. The van der Waals surface area contributed by atoms with Gasteiger partial charge in [-0.1, -0.05) is 35.5 Å². The lowest BCUT2D eigenvalue weighted by Gasteiger charge is -2.08. The van der Waals surface area contributed by atoms with E-state index < -0.39 is 0 Å². The van der Waals surface area contributed by atoms with Crippen molar-refractivity contribution in [2.45, 2.75) is 32.0 Å². The van der Waals surface area contributed by atoms with Crippen LogP contribution < -0.4 is 5.32 Å². The molecule has 0 radical (unpaired) electrons. The molecule has 0 aliphatic carbocycles. The van der Waals surface area contributed by atoms with E-state index in [2.05, 4.69) is 15.5 Å². The second-order valence-electron chi connectivity index (χ2n) is 6.58. The van der Waals surface area contributed by atoms with Crippen molar-refractivity contribution < 1.29 is 14.3 Å². The molecule has 0 saturated heterocycles. The maximum Gasteiger partial charge on any atom is 0.338 e. The van der Waals surface area contributed by atoms with Crippen molar-refractivity contribution in [3.05, 3.63) is 70.5 Å². The van der Waals surface area contributed by atoms with Crippen molar-refractivity contribution >= 4 is 40.9 Å². The number of nitrogens with one attached hydrogen (secondary N) is 1. The number of esters is 1. The Morgan fingerprint density at radius 2 is 1.77 bits per heavy atom. The Morgan fingerprint density at radius 1 is 1.06 bits per heavy atom. The minimum Gasteiger partial charge on any atom is -0.462 e. The van der Waals surface area contributed by atoms with Crippen LogP contribution in [0.15, 0.2) is 53.7 Å². The van der Waals surface area contributed by atoms with Crippen molar-refractivity contribution in [3.63, 3.8) is 0 Å². The average Bonchev–Trinajstić information content (AvgIpc) is 3.16. The fourth-order valence-electron chi connectivity index (χ4n) is 2.89. The Kier molecular flexibility index (Phi) is 8.08. The smallest absolute Gasteiger partial charge is 0.338 e. The van der Waals surface area contributed by atoms with Crippen molar-refractivity contribution in [1.29, 1.82) is 0 Å². The van der Waals surface area contributed by atoms with Crippen LogP contribution in [-0.4, -0.2) is 39.0 Å². The van der Waals surface area contributed by atoms with Gasteiger partial charge in [0, 0.05) is 23.7 Å². The van der Waals surface area contributed by atoms with Crippen LogP contribution in [0.3, 0.4) is 0 Å². The summed E-state index contributed by atoms with van der Waals surface area (Å²) in [5.41, 5.74) is 2.14. The van der Waals surface area contributed by atoms with E-state index in [1.165, 1.54) is 11.8 Å². The first-order valence-corrected chi connectivity index (χ1v) is 11.2. The van der Waals surface area contributed by atoms with Gasteiger partial charge < -0.3 is 14.6 Å². The quantitative estimate of drug-likeness (QED) is 0.376. The van der Waals surface area contributed by atoms with Gasteiger partial charge in [-0.2, -0.15) is 0 Å². The molecule has 0 saturated carbocycles. The van der Waals surface area contributed by atoms with Crippen LogP contribution in [-0.2, 0) is 22.5 Å². The van der Waals surface area contributed by atoms with Crippen molar-refractivity contribution in [3.8, 4) is 0 Å². The SMILES string of the molecule is CCOC(=O)c1ccc(NC(=O)CSc2nnc(Cc3ccc(Cl)cc3)n2CC)cc1. The van der Waals surface area contributed by atoms with E-state index in [0.29, 0.717) is 41.0 Å². The van der Waals surface area contributed by atoms with E-state index in [-0.39, 0.29) is 17.6 Å². The van der Waals surface area contributed by atoms with E-state index in [0.717, 1.165) is 11.4 Å². The molecule has 0 fully saturated rings. The molecule has 0 atom stereocenters. The summed E-state index contributed by atoms with van der Waals surface area (Å²) in [7, 11) is 0. The summed E-state index contributed by atoms with van der Waals surface area (Å²) in [5.74, 6) is 0.476. The molecule has 3 aromatic rings. The van der Waals surface area contributed by atoms with Crippen LogP contribution in [0.2, 0.25) is 5.02 Å². The van der Waals surface area contributed by atoms with Gasteiger partial charge in [0.15, 0.2) is 5.16 Å². The molecule has 0 unspecified atom stereocenters. The Morgan fingerprint density at radius 3 is 2.42 bits per heavy atom. The highest BCUT2D eigenvalue weighted by molar-refractivity contribution is 7.99. The molecule has 1 heterocycles. The van der Waals surface area contributed by atoms with Crippen LogP contribution in [0.1, 0.15) is 35.6 Å². The molecule has 3 rings (SSSR count). The summed E-state index contributed by atoms with van der Waals surface area (Å²) >= 11 is 7.28. The van der Waals surface area contributed by atoms with Crippen LogP contribution >= 0.6 is 23.4 Å². The van der Waals surface area contributed by atoms with E-state index >= 15 is 0 Å². The van der Waals surface area contributed by atoms with E-state index in [4.69, 9.17) is 16.3 Å². The number of halogens is 1. The number of carbonyl (C=O) groups is 2. The van der Waals surface area contributed by atoms with Gasteiger partial charge in [-0.25, -0.2) is 4.79 Å². The molecule has 9 heteroatoms. The number of thioether (sulfide) groups is 1. The third-order valence-electron chi connectivity index (χ3n) is 4.40. The van der Waals surface area contributed by atoms with Gasteiger partial charge in [-0.05, 0) is 55.8 Å². The summed E-state index contributed by atoms with van der Waals surface area (Å²) in [6.45, 7) is 4.79. The molecule has 0 spiro atoms. The maximum absolute atomic E-state index is 12.3. The number of ether oxygens (including phenoxy) is 1. The zero-order valence-electron chi connectivity index (χ0n) is 17.3. The van der Waals surface area contributed by atoms with Crippen molar-refractivity contribution in [2.24, 2.45) is 0 Å². The first-order valence-electron chi connectivity index (χ1n) is 9.86. The lowest BCUT2D eigenvalue weighted by Crippen LogP contribution is -2.15. The van der Waals surface area contributed by atoms with Gasteiger partial charge >= 0.3 is 5.97 Å². The Balaban J connectivity index is 1.57. The summed E-state index contributed by atoms with van der Waals surface area (Å²) in [6, 6.07) is 14.2. The van der Waals surface area contributed by atoms with Gasteiger partial charge in [0.2, 0.25) is 5.91 Å². The second kappa shape index (κ2) is 11.0. The number of nitrogens with zero attached hydrogens (tertiary/aromatic N) is 3. The number of hydrogen-bond acceptors (Lipinski definition) is 6. The molecule has 1 amide bonds. The molecule has 0 aliphatic rings. The highest BCUT2D eigenvalue weighted by Crippen LogP contribution is 2.20. The Labute approximate surface area is 190 Å². The number of anilines is 1. The fourth-order valence-corrected chi connectivity index (χ4v) is 3.84. The number of amides is 1.